The molecule has 0 aliphatic rings. The Balaban J connectivity index is 2.73. The molecular formula is C10H14ClN3OS. The van der Waals surface area contributed by atoms with E-state index in [2.05, 4.69) is 15.6 Å². The molecule has 0 aromatic carbocycles. The van der Waals surface area contributed by atoms with Crippen LogP contribution >= 0.6 is 23.4 Å². The smallest absolute Gasteiger partial charge is 0.253 e. The van der Waals surface area contributed by atoms with Gasteiger partial charge in [0.2, 0.25) is 0 Å². The van der Waals surface area contributed by atoms with E-state index in [0.717, 1.165) is 5.75 Å². The first-order valence-corrected chi connectivity index (χ1v) is 6.56. The highest BCUT2D eigenvalue weighted by atomic mass is 35.5. The molecule has 1 heterocycles. The van der Waals surface area contributed by atoms with Crippen molar-refractivity contribution in [1.29, 1.82) is 0 Å². The van der Waals surface area contributed by atoms with Gasteiger partial charge in [-0.3, -0.25) is 4.79 Å². The van der Waals surface area contributed by atoms with Crippen LogP contribution in [0.15, 0.2) is 12.3 Å². The molecule has 0 aliphatic heterocycles. The minimum absolute atomic E-state index is 0.169. The van der Waals surface area contributed by atoms with E-state index in [1.165, 1.54) is 6.20 Å². The number of nitrogens with one attached hydrogen (secondary N) is 2. The number of anilines is 1. The molecule has 0 unspecified atom stereocenters. The molecule has 0 atom stereocenters. The van der Waals surface area contributed by atoms with Crippen molar-refractivity contribution in [2.75, 3.05) is 30.9 Å². The second-order valence-corrected chi connectivity index (χ2v) is 4.44. The Hall–Kier alpha value is -0.940. The van der Waals surface area contributed by atoms with Crippen LogP contribution in [0.3, 0.4) is 0 Å². The topological polar surface area (TPSA) is 54.0 Å². The quantitative estimate of drug-likeness (QED) is 0.793. The van der Waals surface area contributed by atoms with Gasteiger partial charge in [0.15, 0.2) is 0 Å². The van der Waals surface area contributed by atoms with Gasteiger partial charge in [0.05, 0.1) is 10.6 Å². The predicted octanol–water partition coefficient (Wildman–Crippen LogP) is 1.87. The summed E-state index contributed by atoms with van der Waals surface area (Å²) >= 11 is 7.58. The maximum absolute atomic E-state index is 11.7. The molecule has 0 bridgehead atoms. The molecule has 0 radical (unpaired) electrons. The Morgan fingerprint density at radius 1 is 1.62 bits per heavy atom. The molecule has 6 heteroatoms. The molecule has 0 fully saturated rings. The van der Waals surface area contributed by atoms with Crippen LogP contribution in [0.2, 0.25) is 5.02 Å². The molecule has 88 valence electrons. The lowest BCUT2D eigenvalue weighted by atomic mass is 10.2. The Morgan fingerprint density at radius 3 is 3.00 bits per heavy atom. The number of pyridine rings is 1. The summed E-state index contributed by atoms with van der Waals surface area (Å²) in [6.07, 6.45) is 3.46. The molecule has 0 saturated carbocycles. The fourth-order valence-corrected chi connectivity index (χ4v) is 1.61. The third-order valence-corrected chi connectivity index (χ3v) is 2.86. The Morgan fingerprint density at radius 2 is 2.38 bits per heavy atom. The second kappa shape index (κ2) is 6.60. The summed E-state index contributed by atoms with van der Waals surface area (Å²) in [5.41, 5.74) is 0.446. The van der Waals surface area contributed by atoms with Crippen LogP contribution in [0.4, 0.5) is 5.82 Å². The molecular weight excluding hydrogens is 246 g/mol. The summed E-state index contributed by atoms with van der Waals surface area (Å²) in [5.74, 6) is 1.34. The summed E-state index contributed by atoms with van der Waals surface area (Å²) in [6, 6.07) is 1.64. The molecule has 4 nitrogen and oxygen atoms in total. The summed E-state index contributed by atoms with van der Waals surface area (Å²) in [6.45, 7) is 0.632. The van der Waals surface area contributed by atoms with Crippen LogP contribution in [-0.2, 0) is 0 Å². The first kappa shape index (κ1) is 13.1. The van der Waals surface area contributed by atoms with E-state index in [1.54, 1.807) is 24.9 Å². The number of carbonyl (C=O) groups is 1. The van der Waals surface area contributed by atoms with Gasteiger partial charge in [-0.2, -0.15) is 11.8 Å². The zero-order chi connectivity index (χ0) is 12.0. The average molecular weight is 260 g/mol. The van der Waals surface area contributed by atoms with E-state index >= 15 is 0 Å². The standard InChI is InChI=1S/C10H14ClN3OS/c1-12-9-5-7(8(11)6-14-9)10(15)13-3-4-16-2/h5-6H,3-4H2,1-2H3,(H,12,14)(H,13,15). The Labute approximate surface area is 104 Å². The monoisotopic (exact) mass is 259 g/mol. The predicted molar refractivity (Wildman–Crippen MR) is 69.5 cm³/mol. The molecule has 1 aromatic heterocycles. The van der Waals surface area contributed by atoms with Gasteiger partial charge in [0, 0.05) is 25.5 Å². The number of carbonyl (C=O) groups excluding carboxylic acids is 1. The van der Waals surface area contributed by atoms with Gasteiger partial charge in [0.1, 0.15) is 5.82 Å². The van der Waals surface area contributed by atoms with Crippen LogP contribution in [0.1, 0.15) is 10.4 Å². The number of rotatable bonds is 5. The molecule has 0 spiro atoms. The van der Waals surface area contributed by atoms with Crippen LogP contribution < -0.4 is 10.6 Å². The lowest BCUT2D eigenvalue weighted by molar-refractivity contribution is 0.0956. The molecule has 1 rings (SSSR count). The second-order valence-electron chi connectivity index (χ2n) is 3.05. The normalized spacial score (nSPS) is 9.94. The van der Waals surface area contributed by atoms with Crippen LogP contribution in [-0.4, -0.2) is 36.5 Å². The summed E-state index contributed by atoms with van der Waals surface area (Å²) in [5, 5.41) is 6.02. The van der Waals surface area contributed by atoms with Crippen molar-refractivity contribution >= 4 is 35.1 Å². The van der Waals surface area contributed by atoms with Crippen molar-refractivity contribution in [3.63, 3.8) is 0 Å². The number of hydrogen-bond acceptors (Lipinski definition) is 4. The van der Waals surface area contributed by atoms with Crippen molar-refractivity contribution in [1.82, 2.24) is 10.3 Å². The number of hydrogen-bond donors (Lipinski definition) is 2. The van der Waals surface area contributed by atoms with Crippen LogP contribution in [0, 0.1) is 0 Å². The van der Waals surface area contributed by atoms with E-state index in [4.69, 9.17) is 11.6 Å². The first-order valence-electron chi connectivity index (χ1n) is 4.79. The van der Waals surface area contributed by atoms with Gasteiger partial charge >= 0.3 is 0 Å². The van der Waals surface area contributed by atoms with Crippen LogP contribution in [0.25, 0.3) is 0 Å². The van der Waals surface area contributed by atoms with Gasteiger partial charge in [0.25, 0.3) is 5.91 Å². The van der Waals surface area contributed by atoms with E-state index in [9.17, 15) is 4.79 Å². The molecule has 0 saturated heterocycles. The van der Waals surface area contributed by atoms with E-state index in [-0.39, 0.29) is 5.91 Å². The number of halogens is 1. The minimum Gasteiger partial charge on any atom is -0.373 e. The van der Waals surface area contributed by atoms with Gasteiger partial charge in [-0.25, -0.2) is 4.98 Å². The molecule has 2 N–H and O–H groups in total. The molecule has 0 aliphatic carbocycles. The van der Waals surface area contributed by atoms with Crippen LogP contribution in [0.5, 0.6) is 0 Å². The third-order valence-electron chi connectivity index (χ3n) is 1.95. The van der Waals surface area contributed by atoms with E-state index in [1.807, 2.05) is 6.26 Å². The van der Waals surface area contributed by atoms with E-state index < -0.39 is 0 Å². The molecule has 16 heavy (non-hydrogen) atoms. The maximum atomic E-state index is 11.7. The highest BCUT2D eigenvalue weighted by molar-refractivity contribution is 7.98. The third kappa shape index (κ3) is 3.57. The lowest BCUT2D eigenvalue weighted by Crippen LogP contribution is -2.26. The fraction of sp³-hybridized carbons (Fsp3) is 0.400. The highest BCUT2D eigenvalue weighted by Crippen LogP contribution is 2.17. The first-order chi connectivity index (χ1) is 7.69. The summed E-state index contributed by atoms with van der Waals surface area (Å²) < 4.78 is 0. The van der Waals surface area contributed by atoms with Crippen molar-refractivity contribution in [2.45, 2.75) is 0 Å². The minimum atomic E-state index is -0.169. The van der Waals surface area contributed by atoms with Crippen molar-refractivity contribution in [3.05, 3.63) is 22.8 Å². The SMILES string of the molecule is CNc1cc(C(=O)NCCSC)c(Cl)cn1. The summed E-state index contributed by atoms with van der Waals surface area (Å²) in [7, 11) is 1.74. The Bertz CT molecular complexity index is 373. The van der Waals surface area contributed by atoms with E-state index in [0.29, 0.717) is 22.9 Å². The average Bonchev–Trinajstić information content (AvgIpc) is 2.30. The Kier molecular flexibility index (Phi) is 5.42. The van der Waals surface area contributed by atoms with Crippen molar-refractivity contribution in [2.24, 2.45) is 0 Å². The summed E-state index contributed by atoms with van der Waals surface area (Å²) in [4.78, 5) is 15.8. The van der Waals surface area contributed by atoms with Gasteiger partial charge in [-0.05, 0) is 12.3 Å². The van der Waals surface area contributed by atoms with Gasteiger partial charge in [-0.15, -0.1) is 0 Å². The lowest BCUT2D eigenvalue weighted by Gasteiger charge is -2.07. The molecule has 1 amide bonds. The maximum Gasteiger partial charge on any atom is 0.253 e. The van der Waals surface area contributed by atoms with Crippen molar-refractivity contribution in [3.8, 4) is 0 Å². The number of nitrogens with zero attached hydrogens (tertiary/aromatic N) is 1. The molecule has 1 aromatic rings. The highest BCUT2D eigenvalue weighted by Gasteiger charge is 2.10. The largest absolute Gasteiger partial charge is 0.373 e. The van der Waals surface area contributed by atoms with Crippen molar-refractivity contribution < 1.29 is 4.79 Å². The van der Waals surface area contributed by atoms with Gasteiger partial charge < -0.3 is 10.6 Å². The van der Waals surface area contributed by atoms with Gasteiger partial charge in [-0.1, -0.05) is 11.6 Å². The zero-order valence-corrected chi connectivity index (χ0v) is 10.8. The fourth-order valence-electron chi connectivity index (χ4n) is 1.11. The zero-order valence-electron chi connectivity index (χ0n) is 9.21. The number of amides is 1. The number of aromatic nitrogens is 1. The number of thioether (sulfide) groups is 1.